The first kappa shape index (κ1) is 11.0. The Kier molecular flexibility index (Phi) is 2.44. The van der Waals surface area contributed by atoms with Gasteiger partial charge in [-0.15, -0.1) is 0 Å². The zero-order chi connectivity index (χ0) is 11.9. The number of nitrogens with one attached hydrogen (secondary N) is 1. The molecule has 88 valence electrons. The summed E-state index contributed by atoms with van der Waals surface area (Å²) in [5.74, 6) is -1.11. The van der Waals surface area contributed by atoms with Crippen molar-refractivity contribution in [1.82, 2.24) is 10.2 Å². The van der Waals surface area contributed by atoms with Crippen LogP contribution in [0.5, 0.6) is 0 Å². The summed E-state index contributed by atoms with van der Waals surface area (Å²) >= 11 is 0. The van der Waals surface area contributed by atoms with E-state index < -0.39 is 17.8 Å². The predicted molar refractivity (Wildman–Crippen MR) is 51.7 cm³/mol. The van der Waals surface area contributed by atoms with Crippen LogP contribution in [0.4, 0.5) is 8.78 Å². The lowest BCUT2D eigenvalue weighted by atomic mass is 9.75. The second kappa shape index (κ2) is 3.54. The first-order valence-electron chi connectivity index (χ1n) is 5.01. The van der Waals surface area contributed by atoms with Crippen LogP contribution in [0, 0.1) is 5.41 Å². The number of nitrogens with zero attached hydrogens (tertiary/aromatic N) is 1. The molecule has 1 heterocycles. The molecular formula is C10H12F2N2O2. The molecule has 0 saturated carbocycles. The number of H-pyrrole nitrogens is 1. The molecule has 4 nitrogen and oxygen atoms in total. The highest BCUT2D eigenvalue weighted by Crippen LogP contribution is 2.40. The number of halogens is 2. The third-order valence-corrected chi connectivity index (χ3v) is 3.21. The Bertz CT molecular complexity index is 430. The number of carboxylic acid groups (broad SMARTS) is 1. The number of alkyl halides is 2. The maximum absolute atomic E-state index is 12.8. The molecule has 0 amide bonds. The van der Waals surface area contributed by atoms with Gasteiger partial charge in [-0.05, 0) is 12.8 Å². The fourth-order valence-corrected chi connectivity index (χ4v) is 2.08. The van der Waals surface area contributed by atoms with Crippen molar-refractivity contribution < 1.29 is 18.7 Å². The SMILES string of the molecule is CC1(C(F)F)CCc2c(C(=O)O)n[nH]c2C1. The van der Waals surface area contributed by atoms with Gasteiger partial charge in [0.1, 0.15) is 0 Å². The van der Waals surface area contributed by atoms with Gasteiger partial charge >= 0.3 is 5.97 Å². The van der Waals surface area contributed by atoms with Crippen LogP contribution >= 0.6 is 0 Å². The Balaban J connectivity index is 2.33. The molecule has 16 heavy (non-hydrogen) atoms. The summed E-state index contributed by atoms with van der Waals surface area (Å²) in [5, 5.41) is 15.0. The van der Waals surface area contributed by atoms with Crippen molar-refractivity contribution >= 4 is 5.97 Å². The fourth-order valence-electron chi connectivity index (χ4n) is 2.08. The van der Waals surface area contributed by atoms with Crippen molar-refractivity contribution in [2.45, 2.75) is 32.6 Å². The number of aromatic nitrogens is 2. The van der Waals surface area contributed by atoms with Crippen molar-refractivity contribution in [3.63, 3.8) is 0 Å². The molecule has 6 heteroatoms. The van der Waals surface area contributed by atoms with Crippen molar-refractivity contribution in [3.8, 4) is 0 Å². The maximum Gasteiger partial charge on any atom is 0.356 e. The van der Waals surface area contributed by atoms with Crippen LogP contribution in [0.2, 0.25) is 0 Å². The molecule has 0 aromatic carbocycles. The average Bonchev–Trinajstić information content (AvgIpc) is 2.59. The zero-order valence-electron chi connectivity index (χ0n) is 8.76. The Morgan fingerprint density at radius 3 is 2.88 bits per heavy atom. The van der Waals surface area contributed by atoms with Crippen LogP contribution < -0.4 is 0 Å². The van der Waals surface area contributed by atoms with Crippen LogP contribution in [-0.2, 0) is 12.8 Å². The van der Waals surface area contributed by atoms with E-state index in [0.29, 0.717) is 17.7 Å². The van der Waals surface area contributed by atoms with E-state index in [9.17, 15) is 13.6 Å². The molecule has 0 spiro atoms. The highest BCUT2D eigenvalue weighted by atomic mass is 19.3. The highest BCUT2D eigenvalue weighted by Gasteiger charge is 2.40. The van der Waals surface area contributed by atoms with Gasteiger partial charge in [0.25, 0.3) is 0 Å². The lowest BCUT2D eigenvalue weighted by Gasteiger charge is -2.32. The quantitative estimate of drug-likeness (QED) is 0.815. The molecular weight excluding hydrogens is 218 g/mol. The number of hydrogen-bond acceptors (Lipinski definition) is 2. The van der Waals surface area contributed by atoms with E-state index in [4.69, 9.17) is 5.11 Å². The molecule has 0 saturated heterocycles. The molecule has 0 aliphatic heterocycles. The topological polar surface area (TPSA) is 66.0 Å². The molecule has 2 rings (SSSR count). The molecule has 1 aromatic heterocycles. The van der Waals surface area contributed by atoms with Crippen LogP contribution in [0.3, 0.4) is 0 Å². The molecule has 0 fully saturated rings. The second-order valence-corrected chi connectivity index (χ2v) is 4.47. The third-order valence-electron chi connectivity index (χ3n) is 3.21. The summed E-state index contributed by atoms with van der Waals surface area (Å²) in [6, 6.07) is 0. The number of fused-ring (bicyclic) bond motifs is 1. The van der Waals surface area contributed by atoms with Gasteiger partial charge in [0.2, 0.25) is 6.43 Å². The van der Waals surface area contributed by atoms with Gasteiger partial charge in [0.15, 0.2) is 5.69 Å². The van der Waals surface area contributed by atoms with E-state index in [2.05, 4.69) is 10.2 Å². The molecule has 1 unspecified atom stereocenters. The summed E-state index contributed by atoms with van der Waals surface area (Å²) < 4.78 is 25.6. The molecule has 1 aliphatic rings. The van der Waals surface area contributed by atoms with E-state index in [1.807, 2.05) is 0 Å². The highest BCUT2D eigenvalue weighted by molar-refractivity contribution is 5.87. The number of aromatic carboxylic acids is 1. The molecule has 1 aliphatic carbocycles. The largest absolute Gasteiger partial charge is 0.476 e. The van der Waals surface area contributed by atoms with Gasteiger partial charge in [0, 0.05) is 23.1 Å². The zero-order valence-corrected chi connectivity index (χ0v) is 8.76. The molecule has 1 aromatic rings. The summed E-state index contributed by atoms with van der Waals surface area (Å²) in [7, 11) is 0. The second-order valence-electron chi connectivity index (χ2n) is 4.47. The first-order valence-corrected chi connectivity index (χ1v) is 5.01. The van der Waals surface area contributed by atoms with Crippen molar-refractivity contribution in [2.75, 3.05) is 0 Å². The van der Waals surface area contributed by atoms with Gasteiger partial charge in [-0.3, -0.25) is 5.10 Å². The van der Waals surface area contributed by atoms with Crippen molar-refractivity contribution in [2.24, 2.45) is 5.41 Å². The Morgan fingerprint density at radius 1 is 1.62 bits per heavy atom. The maximum atomic E-state index is 12.8. The van der Waals surface area contributed by atoms with E-state index in [0.717, 1.165) is 0 Å². The number of carbonyl (C=O) groups is 1. The summed E-state index contributed by atoms with van der Waals surface area (Å²) in [4.78, 5) is 10.8. The van der Waals surface area contributed by atoms with E-state index in [-0.39, 0.29) is 18.5 Å². The summed E-state index contributed by atoms with van der Waals surface area (Å²) in [6.07, 6.45) is -1.62. The van der Waals surface area contributed by atoms with Crippen LogP contribution in [0.1, 0.15) is 35.1 Å². The minimum absolute atomic E-state index is 0.0358. The monoisotopic (exact) mass is 230 g/mol. The Morgan fingerprint density at radius 2 is 2.31 bits per heavy atom. The Labute approximate surface area is 90.7 Å². The molecule has 0 radical (unpaired) electrons. The standard InChI is InChI=1S/C10H12F2N2O2/c1-10(9(11)12)3-2-5-6(4-10)13-14-7(5)8(15)16/h9H,2-4H2,1H3,(H,13,14)(H,15,16). The summed E-state index contributed by atoms with van der Waals surface area (Å²) in [5.41, 5.74) is -0.00152. The number of carboxylic acids is 1. The molecule has 0 bridgehead atoms. The van der Waals surface area contributed by atoms with Crippen LogP contribution in [0.25, 0.3) is 0 Å². The Hall–Kier alpha value is -1.46. The predicted octanol–water partition coefficient (Wildman–Crippen LogP) is 1.87. The van der Waals surface area contributed by atoms with Crippen LogP contribution in [-0.4, -0.2) is 27.7 Å². The van der Waals surface area contributed by atoms with Crippen molar-refractivity contribution in [3.05, 3.63) is 17.0 Å². The summed E-state index contributed by atoms with van der Waals surface area (Å²) in [6.45, 7) is 1.52. The van der Waals surface area contributed by atoms with Gasteiger partial charge in [-0.1, -0.05) is 6.92 Å². The normalized spacial score (nSPS) is 24.5. The smallest absolute Gasteiger partial charge is 0.356 e. The van der Waals surface area contributed by atoms with E-state index in [1.54, 1.807) is 0 Å². The minimum Gasteiger partial charge on any atom is -0.476 e. The number of rotatable bonds is 2. The molecule has 2 N–H and O–H groups in total. The van der Waals surface area contributed by atoms with Gasteiger partial charge in [-0.25, -0.2) is 13.6 Å². The van der Waals surface area contributed by atoms with E-state index >= 15 is 0 Å². The number of hydrogen-bond donors (Lipinski definition) is 2. The average molecular weight is 230 g/mol. The van der Waals surface area contributed by atoms with Gasteiger partial charge in [-0.2, -0.15) is 5.10 Å². The minimum atomic E-state index is -2.41. The lowest BCUT2D eigenvalue weighted by molar-refractivity contribution is -0.00294. The van der Waals surface area contributed by atoms with Crippen molar-refractivity contribution in [1.29, 1.82) is 0 Å². The fraction of sp³-hybridized carbons (Fsp3) is 0.600. The first-order chi connectivity index (χ1) is 7.44. The van der Waals surface area contributed by atoms with Gasteiger partial charge in [0.05, 0.1) is 0 Å². The van der Waals surface area contributed by atoms with Gasteiger partial charge < -0.3 is 5.11 Å². The number of aromatic amines is 1. The lowest BCUT2D eigenvalue weighted by Crippen LogP contribution is -2.33. The van der Waals surface area contributed by atoms with E-state index in [1.165, 1.54) is 6.92 Å². The van der Waals surface area contributed by atoms with Crippen LogP contribution in [0.15, 0.2) is 0 Å². The molecule has 1 atom stereocenters. The third kappa shape index (κ3) is 1.58.